The molecule has 0 spiro atoms. The molecular formula is C9H9F5N2O. The van der Waals surface area contributed by atoms with Gasteiger partial charge < -0.3 is 10.5 Å². The maximum atomic E-state index is 12.4. The Morgan fingerprint density at radius 2 is 2.00 bits per heavy atom. The number of hydrogen-bond acceptors (Lipinski definition) is 3. The van der Waals surface area contributed by atoms with E-state index >= 15 is 0 Å². The van der Waals surface area contributed by atoms with Crippen molar-refractivity contribution in [3.8, 4) is 5.75 Å². The smallest absolute Gasteiger partial charge is 0.404 e. The lowest BCUT2D eigenvalue weighted by Crippen LogP contribution is -2.20. The summed E-state index contributed by atoms with van der Waals surface area (Å²) in [4.78, 5) is 3.24. The van der Waals surface area contributed by atoms with Gasteiger partial charge in [-0.1, -0.05) is 0 Å². The topological polar surface area (TPSA) is 48.1 Å². The Labute approximate surface area is 93.4 Å². The Bertz CT molecular complexity index is 405. The van der Waals surface area contributed by atoms with Gasteiger partial charge in [-0.05, 0) is 12.5 Å². The van der Waals surface area contributed by atoms with Crippen LogP contribution < -0.4 is 10.5 Å². The monoisotopic (exact) mass is 256 g/mol. The molecule has 0 saturated carbocycles. The van der Waals surface area contributed by atoms with E-state index in [0.29, 0.717) is 6.20 Å². The van der Waals surface area contributed by atoms with Crippen LogP contribution in [-0.2, 0) is 6.54 Å². The van der Waals surface area contributed by atoms with Crippen molar-refractivity contribution >= 4 is 0 Å². The van der Waals surface area contributed by atoms with Crippen LogP contribution in [0.4, 0.5) is 22.0 Å². The Morgan fingerprint density at radius 1 is 1.41 bits per heavy atom. The van der Waals surface area contributed by atoms with E-state index in [1.54, 1.807) is 0 Å². The normalized spacial score (nSPS) is 12.0. The van der Waals surface area contributed by atoms with Crippen molar-refractivity contribution < 1.29 is 26.7 Å². The molecule has 0 aliphatic rings. The first-order chi connectivity index (χ1) is 7.76. The van der Waals surface area contributed by atoms with Gasteiger partial charge >= 0.3 is 6.36 Å². The van der Waals surface area contributed by atoms with Crippen LogP contribution >= 0.6 is 0 Å². The third-order valence-electron chi connectivity index (χ3n) is 2.09. The maximum Gasteiger partial charge on any atom is 0.573 e. The minimum absolute atomic E-state index is 0.0933. The highest BCUT2D eigenvalue weighted by Gasteiger charge is 2.33. The molecule has 0 fully saturated rings. The van der Waals surface area contributed by atoms with Crippen molar-refractivity contribution in [2.45, 2.75) is 26.3 Å². The Hall–Kier alpha value is -1.44. The van der Waals surface area contributed by atoms with Gasteiger partial charge in [0, 0.05) is 12.1 Å². The van der Waals surface area contributed by atoms with Gasteiger partial charge in [0.05, 0.1) is 6.20 Å². The molecule has 0 unspecified atom stereocenters. The lowest BCUT2D eigenvalue weighted by molar-refractivity contribution is -0.275. The molecule has 1 aromatic rings. The van der Waals surface area contributed by atoms with Crippen LogP contribution in [0.1, 0.15) is 23.2 Å². The van der Waals surface area contributed by atoms with Crippen LogP contribution in [0.3, 0.4) is 0 Å². The largest absolute Gasteiger partial charge is 0.573 e. The summed E-state index contributed by atoms with van der Waals surface area (Å²) < 4.78 is 64.6. The SMILES string of the molecule is Cc1c(C(F)F)ncc(OC(F)(F)F)c1CN. The molecule has 0 radical (unpaired) electrons. The zero-order chi connectivity index (χ0) is 13.2. The highest BCUT2D eigenvalue weighted by molar-refractivity contribution is 5.40. The van der Waals surface area contributed by atoms with Gasteiger partial charge in [0.1, 0.15) is 5.69 Å². The number of nitrogens with two attached hydrogens (primary N) is 1. The van der Waals surface area contributed by atoms with E-state index in [1.807, 2.05) is 0 Å². The summed E-state index contributed by atoms with van der Waals surface area (Å²) in [5.41, 5.74) is 4.40. The molecule has 0 saturated heterocycles. The van der Waals surface area contributed by atoms with Crippen molar-refractivity contribution in [1.29, 1.82) is 0 Å². The number of alkyl halides is 5. The highest BCUT2D eigenvalue weighted by atomic mass is 19.4. The predicted molar refractivity (Wildman–Crippen MR) is 48.5 cm³/mol. The van der Waals surface area contributed by atoms with Gasteiger partial charge in [-0.15, -0.1) is 13.2 Å². The van der Waals surface area contributed by atoms with Crippen molar-refractivity contribution in [3.63, 3.8) is 0 Å². The average molecular weight is 256 g/mol. The van der Waals surface area contributed by atoms with Crippen molar-refractivity contribution in [3.05, 3.63) is 23.0 Å². The maximum absolute atomic E-state index is 12.4. The van der Waals surface area contributed by atoms with Gasteiger partial charge in [0.25, 0.3) is 6.43 Å². The summed E-state index contributed by atoms with van der Waals surface area (Å²) >= 11 is 0. The first-order valence-electron chi connectivity index (χ1n) is 4.48. The molecule has 3 nitrogen and oxygen atoms in total. The molecule has 17 heavy (non-hydrogen) atoms. The quantitative estimate of drug-likeness (QED) is 0.846. The average Bonchev–Trinajstić information content (AvgIpc) is 2.15. The Morgan fingerprint density at radius 3 is 2.41 bits per heavy atom. The summed E-state index contributed by atoms with van der Waals surface area (Å²) in [6.07, 6.45) is -7.19. The van der Waals surface area contributed by atoms with E-state index in [4.69, 9.17) is 5.73 Å². The molecule has 0 aliphatic heterocycles. The van der Waals surface area contributed by atoms with Gasteiger partial charge in [-0.25, -0.2) is 8.78 Å². The number of nitrogens with zero attached hydrogens (tertiary/aromatic N) is 1. The number of hydrogen-bond donors (Lipinski definition) is 1. The van der Waals surface area contributed by atoms with Crippen LogP contribution in [0.15, 0.2) is 6.20 Å². The van der Waals surface area contributed by atoms with Crippen LogP contribution in [0.5, 0.6) is 5.75 Å². The summed E-state index contributed by atoms with van der Waals surface area (Å²) in [6, 6.07) is 0. The van der Waals surface area contributed by atoms with Gasteiger partial charge in [-0.3, -0.25) is 4.98 Å². The van der Waals surface area contributed by atoms with Gasteiger partial charge in [0.2, 0.25) is 0 Å². The summed E-state index contributed by atoms with van der Waals surface area (Å²) in [5.74, 6) is -0.651. The summed E-state index contributed by atoms with van der Waals surface area (Å²) in [7, 11) is 0. The predicted octanol–water partition coefficient (Wildman–Crippen LogP) is 2.68. The first kappa shape index (κ1) is 13.6. The third kappa shape index (κ3) is 3.26. The molecule has 1 heterocycles. The Balaban J connectivity index is 3.21. The van der Waals surface area contributed by atoms with Crippen LogP contribution in [0.25, 0.3) is 0 Å². The fourth-order valence-corrected chi connectivity index (χ4v) is 1.33. The summed E-state index contributed by atoms with van der Waals surface area (Å²) in [5, 5.41) is 0. The molecule has 0 atom stereocenters. The van der Waals surface area contributed by atoms with Crippen LogP contribution in [0, 0.1) is 6.92 Å². The number of rotatable bonds is 3. The van der Waals surface area contributed by atoms with E-state index in [9.17, 15) is 22.0 Å². The number of aromatic nitrogens is 1. The molecule has 0 aromatic carbocycles. The second kappa shape index (κ2) is 4.82. The first-order valence-corrected chi connectivity index (χ1v) is 4.48. The van der Waals surface area contributed by atoms with Crippen LogP contribution in [-0.4, -0.2) is 11.3 Å². The molecule has 8 heteroatoms. The zero-order valence-electron chi connectivity index (χ0n) is 8.68. The number of pyridine rings is 1. The lowest BCUT2D eigenvalue weighted by atomic mass is 10.1. The standard InChI is InChI=1S/C9H9F5N2O/c1-4-5(2-15)6(17-9(12,13)14)3-16-7(4)8(10)11/h3,8H,2,15H2,1H3. The van der Waals surface area contributed by atoms with Crippen LogP contribution in [0.2, 0.25) is 0 Å². The zero-order valence-corrected chi connectivity index (χ0v) is 8.68. The van der Waals surface area contributed by atoms with E-state index in [1.165, 1.54) is 6.92 Å². The molecular weight excluding hydrogens is 247 g/mol. The van der Waals surface area contributed by atoms with Crippen molar-refractivity contribution in [2.24, 2.45) is 5.73 Å². The van der Waals surface area contributed by atoms with Gasteiger partial charge in [-0.2, -0.15) is 0 Å². The Kier molecular flexibility index (Phi) is 3.87. The van der Waals surface area contributed by atoms with Crippen molar-refractivity contribution in [2.75, 3.05) is 0 Å². The molecule has 1 aromatic heterocycles. The minimum atomic E-state index is -4.91. The molecule has 0 bridgehead atoms. The summed E-state index contributed by atoms with van der Waals surface area (Å²) in [6.45, 7) is 0.874. The highest BCUT2D eigenvalue weighted by Crippen LogP contribution is 2.31. The minimum Gasteiger partial charge on any atom is -0.404 e. The van der Waals surface area contributed by atoms with E-state index in [0.717, 1.165) is 0 Å². The third-order valence-corrected chi connectivity index (χ3v) is 2.09. The molecule has 2 N–H and O–H groups in total. The fourth-order valence-electron chi connectivity index (χ4n) is 1.33. The second-order valence-corrected chi connectivity index (χ2v) is 3.16. The van der Waals surface area contributed by atoms with E-state index in [2.05, 4.69) is 9.72 Å². The van der Waals surface area contributed by atoms with Gasteiger partial charge in [0.15, 0.2) is 5.75 Å². The molecule has 1 rings (SSSR count). The number of halogens is 5. The molecule has 0 amide bonds. The van der Waals surface area contributed by atoms with E-state index in [-0.39, 0.29) is 17.7 Å². The lowest BCUT2D eigenvalue weighted by Gasteiger charge is -2.15. The van der Waals surface area contributed by atoms with E-state index < -0.39 is 24.2 Å². The van der Waals surface area contributed by atoms with Crippen molar-refractivity contribution in [1.82, 2.24) is 4.98 Å². The molecule has 0 aliphatic carbocycles. The second-order valence-electron chi connectivity index (χ2n) is 3.16. The fraction of sp³-hybridized carbons (Fsp3) is 0.444. The molecule has 96 valence electrons. The number of ether oxygens (including phenoxy) is 1.